The molecule has 35 heavy (non-hydrogen) atoms. The molecule has 0 aliphatic carbocycles. The lowest BCUT2D eigenvalue weighted by Crippen LogP contribution is -2.42. The van der Waals surface area contributed by atoms with Crippen LogP contribution in [0.15, 0.2) is 35.3 Å². The number of nitrogens with one attached hydrogen (secondary N) is 3. The summed E-state index contributed by atoms with van der Waals surface area (Å²) < 4.78 is 9.89. The number of nitrogens with two attached hydrogens (primary N) is 1. The lowest BCUT2D eigenvalue weighted by atomic mass is 10.1. The van der Waals surface area contributed by atoms with Crippen LogP contribution in [0.3, 0.4) is 0 Å². The standard InChI is InChI=1S/C24H27N5O6/c1-3-34-18(30)12-11-17(23(33)35-4-2)27-21(31)15-8-5-14(6-9-15)7-10-16-13-26-20-19(16)22(32)29-24(25)28-20/h5-10,13,17H,3-4,11-12H2,1-2H3,(H,27,31)(H4,25,26,28,29,32)/t17-/m0/s1. The molecule has 184 valence electrons. The van der Waals surface area contributed by atoms with Crippen molar-refractivity contribution in [3.05, 3.63) is 57.5 Å². The van der Waals surface area contributed by atoms with Crippen LogP contribution in [0.5, 0.6) is 0 Å². The highest BCUT2D eigenvalue weighted by Gasteiger charge is 2.24. The summed E-state index contributed by atoms with van der Waals surface area (Å²) >= 11 is 0. The van der Waals surface area contributed by atoms with Crippen LogP contribution in [-0.2, 0) is 19.1 Å². The first-order chi connectivity index (χ1) is 16.8. The van der Waals surface area contributed by atoms with Gasteiger partial charge < -0.3 is 25.5 Å². The van der Waals surface area contributed by atoms with Gasteiger partial charge in [0.25, 0.3) is 11.5 Å². The summed E-state index contributed by atoms with van der Waals surface area (Å²) in [4.78, 5) is 58.2. The molecule has 11 nitrogen and oxygen atoms in total. The Morgan fingerprint density at radius 2 is 1.83 bits per heavy atom. The average molecular weight is 482 g/mol. The van der Waals surface area contributed by atoms with Crippen LogP contribution in [0.1, 0.15) is 48.2 Å². The molecular weight excluding hydrogens is 454 g/mol. The second kappa shape index (κ2) is 11.6. The SMILES string of the molecule is CCOC(=O)CC[C@H](NC(=O)c1ccc(C=Cc2c[nH]c3nc(N)[nH]c(=O)c23)cc1)C(=O)OCC. The molecule has 0 aliphatic heterocycles. The number of carbonyl (C=O) groups is 3. The average Bonchev–Trinajstić information content (AvgIpc) is 3.24. The number of amides is 1. The van der Waals surface area contributed by atoms with Gasteiger partial charge in [0.1, 0.15) is 11.7 Å². The minimum Gasteiger partial charge on any atom is -0.466 e. The van der Waals surface area contributed by atoms with Gasteiger partial charge >= 0.3 is 11.9 Å². The summed E-state index contributed by atoms with van der Waals surface area (Å²) in [6.45, 7) is 3.73. The Hall–Kier alpha value is -4.41. The second-order valence-electron chi connectivity index (χ2n) is 7.50. The Labute approximate surface area is 200 Å². The summed E-state index contributed by atoms with van der Waals surface area (Å²) in [6, 6.07) is 5.67. The molecule has 3 aromatic rings. The predicted octanol–water partition coefficient (Wildman–Crippen LogP) is 2.01. The van der Waals surface area contributed by atoms with Crippen LogP contribution in [0.4, 0.5) is 5.95 Å². The number of aromatic nitrogens is 3. The zero-order valence-corrected chi connectivity index (χ0v) is 19.4. The van der Waals surface area contributed by atoms with E-state index in [0.717, 1.165) is 5.56 Å². The second-order valence-corrected chi connectivity index (χ2v) is 7.50. The molecule has 0 saturated carbocycles. The zero-order valence-electron chi connectivity index (χ0n) is 19.4. The number of esters is 2. The van der Waals surface area contributed by atoms with E-state index in [-0.39, 0.29) is 37.6 Å². The monoisotopic (exact) mass is 481 g/mol. The molecule has 0 radical (unpaired) electrons. The molecular formula is C24H27N5O6. The number of hydrogen-bond donors (Lipinski definition) is 4. The van der Waals surface area contributed by atoms with Crippen molar-refractivity contribution in [3.63, 3.8) is 0 Å². The van der Waals surface area contributed by atoms with Crippen LogP contribution in [0.25, 0.3) is 23.2 Å². The Balaban J connectivity index is 1.68. The minimum absolute atomic E-state index is 0.0276. The van der Waals surface area contributed by atoms with Crippen LogP contribution in [-0.4, -0.2) is 52.1 Å². The van der Waals surface area contributed by atoms with Gasteiger partial charge in [-0.3, -0.25) is 19.4 Å². The fraction of sp³-hybridized carbons (Fsp3) is 0.292. The van der Waals surface area contributed by atoms with E-state index in [1.807, 2.05) is 0 Å². The van der Waals surface area contributed by atoms with Crippen molar-refractivity contribution >= 4 is 47.0 Å². The number of nitrogen functional groups attached to an aromatic ring is 1. The van der Waals surface area contributed by atoms with E-state index in [0.29, 0.717) is 22.2 Å². The van der Waals surface area contributed by atoms with Gasteiger partial charge in [0.15, 0.2) is 0 Å². The minimum atomic E-state index is -0.978. The van der Waals surface area contributed by atoms with Crippen molar-refractivity contribution in [3.8, 4) is 0 Å². The van der Waals surface area contributed by atoms with Crippen molar-refractivity contribution in [1.82, 2.24) is 20.3 Å². The molecule has 2 aromatic heterocycles. The lowest BCUT2D eigenvalue weighted by molar-refractivity contribution is -0.146. The van der Waals surface area contributed by atoms with E-state index < -0.39 is 23.9 Å². The molecule has 1 atom stereocenters. The number of anilines is 1. The first-order valence-electron chi connectivity index (χ1n) is 11.1. The lowest BCUT2D eigenvalue weighted by Gasteiger charge is -2.17. The van der Waals surface area contributed by atoms with Gasteiger partial charge in [-0.15, -0.1) is 0 Å². The number of hydrogen-bond acceptors (Lipinski definition) is 8. The first-order valence-corrected chi connectivity index (χ1v) is 11.1. The van der Waals surface area contributed by atoms with Gasteiger partial charge in [-0.1, -0.05) is 24.3 Å². The number of benzene rings is 1. The highest BCUT2D eigenvalue weighted by molar-refractivity contribution is 5.97. The van der Waals surface area contributed by atoms with Crippen molar-refractivity contribution in [2.45, 2.75) is 32.7 Å². The van der Waals surface area contributed by atoms with E-state index in [4.69, 9.17) is 15.2 Å². The number of aromatic amines is 2. The molecule has 0 unspecified atom stereocenters. The molecule has 0 bridgehead atoms. The third-order valence-electron chi connectivity index (χ3n) is 5.04. The Morgan fingerprint density at radius 3 is 2.51 bits per heavy atom. The van der Waals surface area contributed by atoms with Gasteiger partial charge in [0.05, 0.1) is 18.6 Å². The maximum Gasteiger partial charge on any atom is 0.328 e. The summed E-state index contributed by atoms with van der Waals surface area (Å²) in [5, 5.41) is 3.01. The largest absolute Gasteiger partial charge is 0.466 e. The fourth-order valence-corrected chi connectivity index (χ4v) is 3.37. The van der Waals surface area contributed by atoms with Crippen LogP contribution < -0.4 is 16.6 Å². The summed E-state index contributed by atoms with van der Waals surface area (Å²) in [5.41, 5.74) is 7.34. The number of nitrogens with zero attached hydrogens (tertiary/aromatic N) is 1. The number of rotatable bonds is 10. The van der Waals surface area contributed by atoms with E-state index in [1.54, 1.807) is 56.5 Å². The van der Waals surface area contributed by atoms with E-state index in [1.165, 1.54) is 0 Å². The molecule has 0 saturated heterocycles. The highest BCUT2D eigenvalue weighted by Crippen LogP contribution is 2.16. The first kappa shape index (κ1) is 25.2. The smallest absolute Gasteiger partial charge is 0.328 e. The molecule has 3 rings (SSSR count). The van der Waals surface area contributed by atoms with Crippen LogP contribution in [0.2, 0.25) is 0 Å². The van der Waals surface area contributed by atoms with Crippen molar-refractivity contribution in [2.24, 2.45) is 0 Å². The topological polar surface area (TPSA) is 169 Å². The number of H-pyrrole nitrogens is 2. The molecule has 0 fully saturated rings. The van der Waals surface area contributed by atoms with Crippen molar-refractivity contribution in [2.75, 3.05) is 18.9 Å². The van der Waals surface area contributed by atoms with E-state index >= 15 is 0 Å². The highest BCUT2D eigenvalue weighted by atomic mass is 16.5. The number of fused-ring (bicyclic) bond motifs is 1. The summed E-state index contributed by atoms with van der Waals surface area (Å²) in [6.07, 6.45) is 5.21. The number of ether oxygens (including phenoxy) is 2. The van der Waals surface area contributed by atoms with Gasteiger partial charge in [-0.2, -0.15) is 4.98 Å². The third-order valence-corrected chi connectivity index (χ3v) is 5.04. The normalized spacial score (nSPS) is 11.9. The van der Waals surface area contributed by atoms with E-state index in [2.05, 4.69) is 20.3 Å². The fourth-order valence-electron chi connectivity index (χ4n) is 3.37. The van der Waals surface area contributed by atoms with Crippen molar-refractivity contribution < 1.29 is 23.9 Å². The van der Waals surface area contributed by atoms with Crippen LogP contribution in [0, 0.1) is 0 Å². The van der Waals surface area contributed by atoms with Crippen molar-refractivity contribution in [1.29, 1.82) is 0 Å². The van der Waals surface area contributed by atoms with Gasteiger partial charge in [-0.05, 0) is 38.0 Å². The molecule has 2 heterocycles. The number of carbonyl (C=O) groups excluding carboxylic acids is 3. The van der Waals surface area contributed by atoms with Gasteiger partial charge in [0, 0.05) is 23.7 Å². The molecule has 11 heteroatoms. The van der Waals surface area contributed by atoms with Gasteiger partial charge in [0.2, 0.25) is 5.95 Å². The molecule has 1 aromatic carbocycles. The molecule has 1 amide bonds. The molecule has 0 spiro atoms. The quantitative estimate of drug-likeness (QED) is 0.319. The molecule has 5 N–H and O–H groups in total. The van der Waals surface area contributed by atoms with Gasteiger partial charge in [-0.25, -0.2) is 4.79 Å². The Morgan fingerprint density at radius 1 is 1.11 bits per heavy atom. The molecule has 0 aliphatic rings. The van der Waals surface area contributed by atoms with Crippen LogP contribution >= 0.6 is 0 Å². The summed E-state index contributed by atoms with van der Waals surface area (Å²) in [7, 11) is 0. The Bertz CT molecular complexity index is 1290. The Kier molecular flexibility index (Phi) is 8.38. The predicted molar refractivity (Wildman–Crippen MR) is 130 cm³/mol. The maximum absolute atomic E-state index is 12.7. The summed E-state index contributed by atoms with van der Waals surface area (Å²) in [5.74, 6) is -1.52. The van der Waals surface area contributed by atoms with E-state index in [9.17, 15) is 19.2 Å². The zero-order chi connectivity index (χ0) is 25.4. The maximum atomic E-state index is 12.7. The third kappa shape index (κ3) is 6.56.